The number of aryl methyl sites for hydroxylation is 1. The lowest BCUT2D eigenvalue weighted by Crippen LogP contribution is -2.74. The number of nitrogens with zero attached hydrogens (tertiary/aromatic N) is 5. The van der Waals surface area contributed by atoms with Crippen molar-refractivity contribution in [3.63, 3.8) is 0 Å². The highest BCUT2D eigenvalue weighted by Gasteiger charge is 2.64. The van der Waals surface area contributed by atoms with Crippen LogP contribution in [0.15, 0.2) is 77.1 Å². The number of allylic oxidation sites excluding steroid dienone is 1. The number of nitrogens with two attached hydrogens (primary N) is 1. The summed E-state index contributed by atoms with van der Waals surface area (Å²) in [6.45, 7) is 13.3. The lowest BCUT2D eigenvalue weighted by atomic mass is 9.49. The van der Waals surface area contributed by atoms with Gasteiger partial charge in [-0.1, -0.05) is 46.0 Å². The Labute approximate surface area is 436 Å². The fraction of sp³-hybridized carbons (Fsp3) is 0.508. The van der Waals surface area contributed by atoms with Crippen LogP contribution < -0.4 is 30.7 Å². The van der Waals surface area contributed by atoms with Crippen molar-refractivity contribution in [1.82, 2.24) is 20.4 Å². The number of carbonyl (C=O) groups is 2. The number of amides is 2. The number of nitrogens with one attached hydrogen (secondary N) is 3. The molecular weight excluding hydrogens is 937 g/mol. The van der Waals surface area contributed by atoms with Crippen LogP contribution in [0.25, 0.3) is 5.57 Å². The van der Waals surface area contributed by atoms with E-state index in [1.807, 2.05) is 29.2 Å². The van der Waals surface area contributed by atoms with Gasteiger partial charge >= 0.3 is 0 Å². The normalized spacial score (nSPS) is 23.2. The number of rotatable bonds is 12. The standard InChI is InChI=1S/C59H73F2N9O4/c1-37(71)69-29-25-50(49(36-69)54(64)70-26-9-11-41-30-47(43(34-63)35-65-6)48(53(60)61)32-51(41)70)66-44-23-27-68(28-24-44)45-12-8-10-38(17-21-45)13-14-39-15-18-40(19-16-39)55(72)67-56-58(2,3)57(59(56,4)5)74-46-22-20-42(33-62)52(31-46)73-7/h15-16,18-20,22,30-32,34-35,38,44-45,53,56-57,64,66H,8-12,17,21,23-29,36,63H2,1-7H3,(H,67,72)/b43-34+,64-54?,65-35?. The van der Waals surface area contributed by atoms with E-state index in [1.165, 1.54) is 25.6 Å². The monoisotopic (exact) mass is 1010 g/mol. The maximum atomic E-state index is 14.6. The van der Waals surface area contributed by atoms with E-state index in [4.69, 9.17) is 15.2 Å². The highest BCUT2D eigenvalue weighted by atomic mass is 19.3. The molecule has 15 heteroatoms. The van der Waals surface area contributed by atoms with E-state index < -0.39 is 6.43 Å². The highest BCUT2D eigenvalue weighted by Crippen LogP contribution is 2.56. The predicted octanol–water partition coefficient (Wildman–Crippen LogP) is 9.41. The van der Waals surface area contributed by atoms with E-state index in [0.717, 1.165) is 86.9 Å². The van der Waals surface area contributed by atoms with Crippen molar-refractivity contribution in [2.45, 2.75) is 129 Å². The summed E-state index contributed by atoms with van der Waals surface area (Å²) in [5, 5.41) is 26.1. The molecule has 5 aliphatic rings. The molecule has 74 heavy (non-hydrogen) atoms. The first-order chi connectivity index (χ1) is 35.5. The SMILES string of the molecule is CN=C/C(=C\N)c1cc2c(cc1C(F)F)N(C(=N)C1=C(NC3CCN(C4CCCC(C#Cc5ccc(C(=O)NC6C(C)(C)C(Oc7ccc(C#N)c(OC)c7)C6(C)C)cc5)CC4)CC3)CCN(C(C)=O)C1)CCC2. The zero-order valence-corrected chi connectivity index (χ0v) is 44.1. The van der Waals surface area contributed by atoms with Crippen molar-refractivity contribution in [2.75, 3.05) is 51.8 Å². The number of hydrogen-bond acceptors (Lipinski definition) is 10. The average molecular weight is 1010 g/mol. The summed E-state index contributed by atoms with van der Waals surface area (Å²) < 4.78 is 41.1. The second-order valence-corrected chi connectivity index (χ2v) is 21.8. The Balaban J connectivity index is 0.845. The molecule has 2 amide bonds. The van der Waals surface area contributed by atoms with Crippen molar-refractivity contribution in [2.24, 2.45) is 27.5 Å². The van der Waals surface area contributed by atoms with Crippen molar-refractivity contribution in [1.29, 1.82) is 10.7 Å². The molecule has 2 saturated carbocycles. The van der Waals surface area contributed by atoms with E-state index in [0.29, 0.717) is 83.9 Å². The number of hydrogen-bond donors (Lipinski definition) is 4. The van der Waals surface area contributed by atoms with Crippen LogP contribution in [0.1, 0.15) is 137 Å². The molecular formula is C59H73F2N9O4. The summed E-state index contributed by atoms with van der Waals surface area (Å²) in [6.07, 6.45) is 9.24. The smallest absolute Gasteiger partial charge is 0.264 e. The molecule has 3 aliphatic heterocycles. The Kier molecular flexibility index (Phi) is 16.5. The molecule has 2 unspecified atom stereocenters. The average Bonchev–Trinajstić information content (AvgIpc) is 3.65. The summed E-state index contributed by atoms with van der Waals surface area (Å²) in [5.41, 5.74) is 10.8. The molecule has 392 valence electrons. The van der Waals surface area contributed by atoms with Crippen LogP contribution in [0.2, 0.25) is 0 Å². The number of alkyl halides is 2. The van der Waals surface area contributed by atoms with Crippen LogP contribution in [0, 0.1) is 45.3 Å². The third-order valence-corrected chi connectivity index (χ3v) is 16.3. The van der Waals surface area contributed by atoms with Crippen molar-refractivity contribution in [3.05, 3.63) is 105 Å². The van der Waals surface area contributed by atoms with Crippen LogP contribution in [0.5, 0.6) is 11.5 Å². The lowest BCUT2D eigenvalue weighted by molar-refractivity contribution is -0.164. The zero-order valence-electron chi connectivity index (χ0n) is 44.1. The first-order valence-electron chi connectivity index (χ1n) is 26.3. The zero-order chi connectivity index (χ0) is 52.9. The van der Waals surface area contributed by atoms with Crippen molar-refractivity contribution >= 4 is 35.1 Å². The Morgan fingerprint density at radius 2 is 1.69 bits per heavy atom. The van der Waals surface area contributed by atoms with Gasteiger partial charge in [-0.2, -0.15) is 5.26 Å². The number of fused-ring (bicyclic) bond motifs is 1. The molecule has 5 N–H and O–H groups in total. The Hall–Kier alpha value is -6.71. The molecule has 0 radical (unpaired) electrons. The minimum Gasteiger partial charge on any atom is -0.495 e. The molecule has 13 nitrogen and oxygen atoms in total. The largest absolute Gasteiger partial charge is 0.495 e. The van der Waals surface area contributed by atoms with Crippen LogP contribution in [-0.2, 0) is 11.2 Å². The van der Waals surface area contributed by atoms with Crippen LogP contribution in [0.3, 0.4) is 0 Å². The predicted molar refractivity (Wildman–Crippen MR) is 288 cm³/mol. The van der Waals surface area contributed by atoms with E-state index in [-0.39, 0.29) is 52.2 Å². The molecule has 1 saturated heterocycles. The second-order valence-electron chi connectivity index (χ2n) is 21.8. The molecule has 3 aromatic carbocycles. The minimum atomic E-state index is -2.75. The third-order valence-electron chi connectivity index (χ3n) is 16.3. The first kappa shape index (κ1) is 53.6. The maximum absolute atomic E-state index is 14.6. The molecule has 0 aromatic heterocycles. The number of nitriles is 1. The van der Waals surface area contributed by atoms with E-state index in [1.54, 1.807) is 43.1 Å². The quantitative estimate of drug-likeness (QED) is 0.0597. The van der Waals surface area contributed by atoms with Gasteiger partial charge < -0.3 is 40.5 Å². The number of halogens is 2. The fourth-order valence-electron chi connectivity index (χ4n) is 12.5. The molecule has 2 aliphatic carbocycles. The number of benzene rings is 3. The molecule has 3 heterocycles. The molecule has 0 spiro atoms. The molecule has 3 aromatic rings. The minimum absolute atomic E-state index is 0.0537. The Morgan fingerprint density at radius 3 is 2.35 bits per heavy atom. The van der Waals surface area contributed by atoms with E-state index >= 15 is 0 Å². The summed E-state index contributed by atoms with van der Waals surface area (Å²) >= 11 is 0. The van der Waals surface area contributed by atoms with Gasteiger partial charge in [-0.3, -0.25) is 20.0 Å². The van der Waals surface area contributed by atoms with E-state index in [2.05, 4.69) is 66.1 Å². The molecule has 0 bridgehead atoms. The van der Waals surface area contributed by atoms with Gasteiger partial charge in [-0.15, -0.1) is 0 Å². The molecule has 2 atom stereocenters. The fourth-order valence-corrected chi connectivity index (χ4v) is 12.5. The van der Waals surface area contributed by atoms with Gasteiger partial charge in [-0.05, 0) is 111 Å². The first-order valence-corrected chi connectivity index (χ1v) is 26.3. The number of amidine groups is 1. The number of methoxy groups -OCH3 is 1. The molecule has 8 rings (SSSR count). The molecule has 3 fully saturated rings. The number of piperidine rings is 1. The van der Waals surface area contributed by atoms with Crippen molar-refractivity contribution in [3.8, 4) is 29.4 Å². The van der Waals surface area contributed by atoms with Gasteiger partial charge in [0.15, 0.2) is 0 Å². The topological polar surface area (TPSA) is 172 Å². The van der Waals surface area contributed by atoms with Crippen LogP contribution in [0.4, 0.5) is 14.5 Å². The third kappa shape index (κ3) is 11.3. The van der Waals surface area contributed by atoms with Crippen LogP contribution in [-0.4, -0.2) is 105 Å². The van der Waals surface area contributed by atoms with Gasteiger partial charge in [0, 0.05) is 139 Å². The van der Waals surface area contributed by atoms with Crippen LogP contribution >= 0.6 is 0 Å². The van der Waals surface area contributed by atoms with Gasteiger partial charge in [0.1, 0.15) is 29.5 Å². The Morgan fingerprint density at radius 1 is 0.946 bits per heavy atom. The number of ether oxygens (including phenoxy) is 2. The van der Waals surface area contributed by atoms with E-state index in [9.17, 15) is 29.0 Å². The lowest BCUT2D eigenvalue weighted by Gasteiger charge is -2.63. The van der Waals surface area contributed by atoms with Crippen molar-refractivity contribution < 1.29 is 27.8 Å². The van der Waals surface area contributed by atoms with Gasteiger partial charge in [-0.25, -0.2) is 8.78 Å². The van der Waals surface area contributed by atoms with Gasteiger partial charge in [0.05, 0.1) is 19.2 Å². The number of likely N-dealkylation sites (tertiary alicyclic amines) is 1. The highest BCUT2D eigenvalue weighted by molar-refractivity contribution is 6.12. The Bertz CT molecular complexity index is 2780. The second kappa shape index (κ2) is 22.8. The summed E-state index contributed by atoms with van der Waals surface area (Å²) in [5.74, 6) is 8.43. The summed E-state index contributed by atoms with van der Waals surface area (Å²) in [4.78, 5) is 36.6. The summed E-state index contributed by atoms with van der Waals surface area (Å²) in [7, 11) is 3.11. The number of carbonyl (C=O) groups excluding carboxylic acids is 2. The maximum Gasteiger partial charge on any atom is 0.264 e. The number of anilines is 1. The van der Waals surface area contributed by atoms with Gasteiger partial charge in [0.2, 0.25) is 5.91 Å². The summed E-state index contributed by atoms with van der Waals surface area (Å²) in [6, 6.07) is 18.8. The van der Waals surface area contributed by atoms with Gasteiger partial charge in [0.25, 0.3) is 12.3 Å². The number of aliphatic imine (C=N–C) groups is 1.